The van der Waals surface area contributed by atoms with Crippen LogP contribution in [0.4, 0.5) is 18.0 Å². The van der Waals surface area contributed by atoms with Crippen molar-refractivity contribution in [2.75, 3.05) is 20.2 Å². The van der Waals surface area contributed by atoms with Gasteiger partial charge in [-0.25, -0.2) is 15.1 Å². The van der Waals surface area contributed by atoms with Crippen LogP contribution in [0.2, 0.25) is 0 Å². The van der Waals surface area contributed by atoms with Gasteiger partial charge in [-0.05, 0) is 0 Å². The second-order valence-electron chi connectivity index (χ2n) is 2.56. The van der Waals surface area contributed by atoms with Gasteiger partial charge in [0.25, 0.3) is 0 Å². The van der Waals surface area contributed by atoms with E-state index in [4.69, 9.17) is 5.11 Å². The minimum Gasteiger partial charge on any atom is -0.479 e. The molecule has 0 aliphatic carbocycles. The average Bonchev–Trinajstić information content (AvgIpc) is 1.99. The van der Waals surface area contributed by atoms with Crippen LogP contribution in [-0.4, -0.2) is 48.4 Å². The number of carbonyl (C=O) groups is 2. The van der Waals surface area contributed by atoms with Gasteiger partial charge in [0.15, 0.2) is 6.61 Å². The summed E-state index contributed by atoms with van der Waals surface area (Å²) in [5.74, 6) is -1.35. The Hall–Kier alpha value is -1.51. The Morgan fingerprint density at radius 1 is 1.47 bits per heavy atom. The first-order chi connectivity index (χ1) is 6.72. The normalized spacial score (nSPS) is 10.9. The Morgan fingerprint density at radius 2 is 2.00 bits per heavy atom. The van der Waals surface area contributed by atoms with Gasteiger partial charge in [-0.1, -0.05) is 0 Å². The smallest absolute Gasteiger partial charge is 0.406 e. The van der Waals surface area contributed by atoms with Gasteiger partial charge in [-0.3, -0.25) is 4.84 Å². The third-order valence-corrected chi connectivity index (χ3v) is 1.12. The zero-order chi connectivity index (χ0) is 12.1. The number of amides is 2. The molecule has 88 valence electrons. The highest BCUT2D eigenvalue weighted by Gasteiger charge is 2.31. The number of halogens is 3. The minimum absolute atomic E-state index is 0.307. The molecule has 2 amide bonds. The van der Waals surface area contributed by atoms with Crippen molar-refractivity contribution in [3.8, 4) is 0 Å². The van der Waals surface area contributed by atoms with Gasteiger partial charge < -0.3 is 10.0 Å². The van der Waals surface area contributed by atoms with E-state index in [2.05, 4.69) is 4.84 Å². The molecule has 0 aromatic heterocycles. The predicted octanol–water partition coefficient (Wildman–Crippen LogP) is 0.206. The van der Waals surface area contributed by atoms with E-state index in [1.165, 1.54) is 0 Å². The third kappa shape index (κ3) is 7.55. The average molecular weight is 230 g/mol. The van der Waals surface area contributed by atoms with Gasteiger partial charge in [0.2, 0.25) is 0 Å². The molecule has 0 fully saturated rings. The van der Waals surface area contributed by atoms with Crippen LogP contribution in [0.25, 0.3) is 0 Å². The van der Waals surface area contributed by atoms with Crippen molar-refractivity contribution in [3.63, 3.8) is 0 Å². The molecule has 15 heavy (non-hydrogen) atoms. The fraction of sp³-hybridized carbons (Fsp3) is 0.667. The lowest BCUT2D eigenvalue weighted by molar-refractivity contribution is -0.146. The number of carboxylic acid groups (broad SMARTS) is 1. The molecule has 0 spiro atoms. The van der Waals surface area contributed by atoms with Gasteiger partial charge in [0.05, 0.1) is 0 Å². The topological polar surface area (TPSA) is 78.9 Å². The molecular formula is C6H9F3N2O4. The standard InChI is InChI=1S/C6H9F3N2O4/c1-11(3-6(7,8)9)5(14)10-15-2-4(12)13/h2-3H2,1H3,(H,10,14)(H,12,13). The molecule has 0 saturated carbocycles. The second kappa shape index (κ2) is 5.39. The van der Waals surface area contributed by atoms with E-state index in [0.717, 1.165) is 7.05 Å². The number of nitrogens with one attached hydrogen (secondary N) is 1. The highest BCUT2D eigenvalue weighted by molar-refractivity contribution is 5.73. The summed E-state index contributed by atoms with van der Waals surface area (Å²) in [6.07, 6.45) is -4.51. The maximum Gasteiger partial charge on any atom is 0.406 e. The van der Waals surface area contributed by atoms with Gasteiger partial charge in [-0.2, -0.15) is 13.2 Å². The van der Waals surface area contributed by atoms with E-state index in [1.807, 2.05) is 0 Å². The lowest BCUT2D eigenvalue weighted by Gasteiger charge is -2.18. The molecule has 6 nitrogen and oxygen atoms in total. The quantitative estimate of drug-likeness (QED) is 0.676. The molecule has 2 N–H and O–H groups in total. The highest BCUT2D eigenvalue weighted by Crippen LogP contribution is 2.15. The number of hydrogen-bond acceptors (Lipinski definition) is 3. The monoisotopic (exact) mass is 230 g/mol. The molecule has 0 heterocycles. The lowest BCUT2D eigenvalue weighted by Crippen LogP contribution is -2.42. The van der Waals surface area contributed by atoms with Crippen molar-refractivity contribution >= 4 is 12.0 Å². The first-order valence-electron chi connectivity index (χ1n) is 3.64. The van der Waals surface area contributed by atoms with Crippen LogP contribution in [0.3, 0.4) is 0 Å². The van der Waals surface area contributed by atoms with Crippen LogP contribution in [0.1, 0.15) is 0 Å². The molecular weight excluding hydrogens is 221 g/mol. The number of alkyl halides is 3. The third-order valence-electron chi connectivity index (χ3n) is 1.12. The minimum atomic E-state index is -4.51. The molecule has 0 atom stereocenters. The van der Waals surface area contributed by atoms with Gasteiger partial charge in [0, 0.05) is 7.05 Å². The zero-order valence-electron chi connectivity index (χ0n) is 7.67. The van der Waals surface area contributed by atoms with Crippen molar-refractivity contribution in [2.24, 2.45) is 0 Å². The summed E-state index contributed by atoms with van der Waals surface area (Å²) in [6.45, 7) is -2.28. The van der Waals surface area contributed by atoms with E-state index in [1.54, 1.807) is 5.48 Å². The van der Waals surface area contributed by atoms with Crippen LogP contribution in [0, 0.1) is 0 Å². The van der Waals surface area contributed by atoms with E-state index < -0.39 is 31.3 Å². The molecule has 0 aliphatic rings. The Labute approximate surface area is 82.6 Å². The van der Waals surface area contributed by atoms with E-state index >= 15 is 0 Å². The largest absolute Gasteiger partial charge is 0.479 e. The van der Waals surface area contributed by atoms with Crippen LogP contribution in [-0.2, 0) is 9.63 Å². The summed E-state index contributed by atoms with van der Waals surface area (Å²) >= 11 is 0. The number of carbonyl (C=O) groups excluding carboxylic acids is 1. The first kappa shape index (κ1) is 13.5. The summed E-state index contributed by atoms with van der Waals surface area (Å²) in [5.41, 5.74) is 1.54. The number of aliphatic carboxylic acids is 1. The SMILES string of the molecule is CN(CC(F)(F)F)C(=O)NOCC(=O)O. The molecule has 0 aliphatic heterocycles. The van der Waals surface area contributed by atoms with E-state index in [9.17, 15) is 22.8 Å². The van der Waals surface area contributed by atoms with E-state index in [0.29, 0.717) is 4.90 Å². The fourth-order valence-electron chi connectivity index (χ4n) is 0.578. The molecule has 0 radical (unpaired) electrons. The van der Waals surface area contributed by atoms with Crippen molar-refractivity contribution in [3.05, 3.63) is 0 Å². The van der Waals surface area contributed by atoms with Gasteiger partial charge >= 0.3 is 18.2 Å². The Kier molecular flexibility index (Phi) is 4.85. The molecule has 9 heteroatoms. The van der Waals surface area contributed by atoms with Crippen LogP contribution >= 0.6 is 0 Å². The molecule has 0 unspecified atom stereocenters. The summed E-state index contributed by atoms with van der Waals surface area (Å²) < 4.78 is 35.3. The van der Waals surface area contributed by atoms with Gasteiger partial charge in [-0.15, -0.1) is 0 Å². The first-order valence-corrected chi connectivity index (χ1v) is 3.64. The summed E-state index contributed by atoms with van der Waals surface area (Å²) in [6, 6.07) is -1.17. The van der Waals surface area contributed by atoms with Gasteiger partial charge in [0.1, 0.15) is 6.54 Å². The highest BCUT2D eigenvalue weighted by atomic mass is 19.4. The Balaban J connectivity index is 3.85. The molecule has 0 saturated heterocycles. The summed E-state index contributed by atoms with van der Waals surface area (Å²) in [7, 11) is 0.896. The lowest BCUT2D eigenvalue weighted by atomic mass is 10.6. The van der Waals surface area contributed by atoms with Crippen molar-refractivity contribution in [1.29, 1.82) is 0 Å². The summed E-state index contributed by atoms with van der Waals surface area (Å²) in [5, 5.41) is 8.08. The fourth-order valence-corrected chi connectivity index (χ4v) is 0.578. The van der Waals surface area contributed by atoms with E-state index in [-0.39, 0.29) is 0 Å². The number of carboxylic acids is 1. The summed E-state index contributed by atoms with van der Waals surface area (Å²) in [4.78, 5) is 25.1. The molecule has 0 aromatic rings. The Morgan fingerprint density at radius 3 is 2.40 bits per heavy atom. The zero-order valence-corrected chi connectivity index (χ0v) is 7.67. The van der Waals surface area contributed by atoms with Crippen LogP contribution < -0.4 is 5.48 Å². The van der Waals surface area contributed by atoms with Crippen molar-refractivity contribution in [1.82, 2.24) is 10.4 Å². The number of nitrogens with zero attached hydrogens (tertiary/aromatic N) is 1. The van der Waals surface area contributed by atoms with Crippen LogP contribution in [0.5, 0.6) is 0 Å². The number of hydroxylamine groups is 1. The van der Waals surface area contributed by atoms with Crippen molar-refractivity contribution < 1.29 is 32.7 Å². The number of hydrogen-bond donors (Lipinski definition) is 2. The number of urea groups is 1. The molecule has 0 rings (SSSR count). The molecule has 0 aromatic carbocycles. The second-order valence-corrected chi connectivity index (χ2v) is 2.56. The van der Waals surface area contributed by atoms with Crippen LogP contribution in [0.15, 0.2) is 0 Å². The molecule has 0 bridgehead atoms. The number of rotatable bonds is 4. The predicted molar refractivity (Wildman–Crippen MR) is 40.8 cm³/mol. The Bertz CT molecular complexity index is 243. The van der Waals surface area contributed by atoms with Crippen molar-refractivity contribution in [2.45, 2.75) is 6.18 Å². The maximum atomic E-state index is 11.8. The maximum absolute atomic E-state index is 11.8.